The highest BCUT2D eigenvalue weighted by atomic mass is 32.1. The topological polar surface area (TPSA) is 157 Å². The van der Waals surface area contributed by atoms with Crippen LogP contribution < -0.4 is 4.90 Å². The van der Waals surface area contributed by atoms with Gasteiger partial charge in [0.2, 0.25) is 0 Å². The maximum atomic E-state index is 13.5. The fraction of sp³-hybridized carbons (Fsp3) is 0.148. The predicted molar refractivity (Wildman–Crippen MR) is 145 cm³/mol. The highest BCUT2D eigenvalue weighted by Crippen LogP contribution is 2.44. The van der Waals surface area contributed by atoms with Crippen molar-refractivity contribution in [1.82, 2.24) is 14.4 Å². The molecule has 12 nitrogen and oxygen atoms in total. The van der Waals surface area contributed by atoms with Gasteiger partial charge >= 0.3 is 11.9 Å². The van der Waals surface area contributed by atoms with E-state index in [-0.39, 0.29) is 44.8 Å². The molecule has 1 fully saturated rings. The lowest BCUT2D eigenvalue weighted by Crippen LogP contribution is -2.29. The molecule has 13 heteroatoms. The van der Waals surface area contributed by atoms with E-state index in [1.165, 1.54) is 30.3 Å². The lowest BCUT2D eigenvalue weighted by molar-refractivity contribution is -0.384. The zero-order valence-corrected chi connectivity index (χ0v) is 22.0. The first kappa shape index (κ1) is 26.4. The van der Waals surface area contributed by atoms with E-state index in [1.54, 1.807) is 42.6 Å². The van der Waals surface area contributed by atoms with E-state index in [1.807, 2.05) is 0 Å². The van der Waals surface area contributed by atoms with Gasteiger partial charge in [-0.2, -0.15) is 0 Å². The minimum Gasteiger partial charge on any atom is -0.505 e. The Labute approximate surface area is 230 Å². The number of anilines is 1. The van der Waals surface area contributed by atoms with Gasteiger partial charge in [0.1, 0.15) is 22.8 Å². The molecule has 1 N–H and O–H groups in total. The number of rotatable bonds is 7. The van der Waals surface area contributed by atoms with Crippen molar-refractivity contribution in [3.8, 4) is 0 Å². The number of nitro benzene ring substituents is 1. The summed E-state index contributed by atoms with van der Waals surface area (Å²) in [4.78, 5) is 60.5. The van der Waals surface area contributed by atoms with E-state index >= 15 is 0 Å². The van der Waals surface area contributed by atoms with Gasteiger partial charge in [0.25, 0.3) is 11.5 Å². The Kier molecular flexibility index (Phi) is 6.73. The fourth-order valence-electron chi connectivity index (χ4n) is 4.55. The van der Waals surface area contributed by atoms with E-state index in [0.29, 0.717) is 11.3 Å². The van der Waals surface area contributed by atoms with Crippen molar-refractivity contribution >= 4 is 51.2 Å². The minimum absolute atomic E-state index is 0.0180. The quantitative estimate of drug-likeness (QED) is 0.0663. The third kappa shape index (κ3) is 4.31. The van der Waals surface area contributed by atoms with Gasteiger partial charge in [-0.25, -0.2) is 14.8 Å². The van der Waals surface area contributed by atoms with Crippen LogP contribution in [0.1, 0.15) is 38.4 Å². The summed E-state index contributed by atoms with van der Waals surface area (Å²) in [5.74, 6) is -3.24. The number of nitro groups is 1. The molecule has 202 valence electrons. The van der Waals surface area contributed by atoms with Gasteiger partial charge in [-0.05, 0) is 31.5 Å². The summed E-state index contributed by atoms with van der Waals surface area (Å²) in [5.41, 5.74) is 0.941. The average Bonchev–Trinajstić information content (AvgIpc) is 3.57. The first-order valence-electron chi connectivity index (χ1n) is 11.9. The Morgan fingerprint density at radius 3 is 2.70 bits per heavy atom. The molecule has 1 aliphatic heterocycles. The Balaban J connectivity index is 1.74. The Hall–Kier alpha value is -5.17. The second kappa shape index (κ2) is 10.2. The SMILES string of the molecule is C=CCOC(=O)c1sc(N2C(=O)C(=O)C(=C(O)c3c(C)nc4ccccn34)C2c2cccc([N+](=O)[O-])c2)nc1C. The van der Waals surface area contributed by atoms with Gasteiger partial charge in [0, 0.05) is 18.3 Å². The molecular formula is C27H21N5O7S. The summed E-state index contributed by atoms with van der Waals surface area (Å²) < 4.78 is 6.68. The number of hydrogen-bond acceptors (Lipinski definition) is 10. The molecule has 40 heavy (non-hydrogen) atoms. The van der Waals surface area contributed by atoms with Gasteiger partial charge in [0.05, 0.1) is 27.9 Å². The molecule has 0 bridgehead atoms. The second-order valence-corrected chi connectivity index (χ2v) is 9.77. The minimum atomic E-state index is -1.30. The number of aromatic nitrogens is 3. The van der Waals surface area contributed by atoms with Crippen LogP contribution in [0.15, 0.2) is 66.9 Å². The molecule has 4 aromatic rings. The second-order valence-electron chi connectivity index (χ2n) is 8.79. The van der Waals surface area contributed by atoms with Gasteiger partial charge < -0.3 is 9.84 Å². The summed E-state index contributed by atoms with van der Waals surface area (Å²) in [7, 11) is 0. The number of aliphatic hydroxyl groups excluding tert-OH is 1. The zero-order valence-electron chi connectivity index (χ0n) is 21.2. The maximum absolute atomic E-state index is 13.5. The smallest absolute Gasteiger partial charge is 0.350 e. The van der Waals surface area contributed by atoms with Gasteiger partial charge in [0.15, 0.2) is 10.9 Å². The van der Waals surface area contributed by atoms with Gasteiger partial charge in [-0.3, -0.25) is 29.0 Å². The number of thiazole rings is 1. The lowest BCUT2D eigenvalue weighted by atomic mass is 9.96. The number of pyridine rings is 1. The standard InChI is InChI=1S/C27H21N5O7S/c1-4-12-39-26(36)24-15(3)29-27(40-24)31-21(16-8-7-9-17(13-16)32(37)38)19(23(34)25(31)35)22(33)20-14(2)28-18-10-5-6-11-30(18)20/h4-11,13,21,33H,1,12H2,2-3H3. The average molecular weight is 560 g/mol. The molecule has 0 radical (unpaired) electrons. The van der Waals surface area contributed by atoms with Gasteiger partial charge in [-0.1, -0.05) is 42.2 Å². The number of imidazole rings is 1. The first-order valence-corrected chi connectivity index (χ1v) is 12.7. The molecule has 1 aromatic carbocycles. The van der Waals surface area contributed by atoms with E-state index in [2.05, 4.69) is 16.5 Å². The number of carbonyl (C=O) groups excluding carboxylic acids is 3. The fourth-order valence-corrected chi connectivity index (χ4v) is 5.54. The molecule has 1 atom stereocenters. The number of fused-ring (bicyclic) bond motifs is 1. The van der Waals surface area contributed by atoms with Crippen molar-refractivity contribution < 1.29 is 29.2 Å². The van der Waals surface area contributed by atoms with Crippen LogP contribution in [-0.2, 0) is 14.3 Å². The Morgan fingerprint density at radius 2 is 1.98 bits per heavy atom. The maximum Gasteiger partial charge on any atom is 0.350 e. The van der Waals surface area contributed by atoms with E-state index in [9.17, 15) is 29.6 Å². The molecule has 1 saturated heterocycles. The molecule has 0 saturated carbocycles. The monoisotopic (exact) mass is 559 g/mol. The molecule has 1 amide bonds. The van der Waals surface area contributed by atoms with Crippen LogP contribution in [0.3, 0.4) is 0 Å². The number of amides is 1. The van der Waals surface area contributed by atoms with Crippen LogP contribution >= 0.6 is 11.3 Å². The van der Waals surface area contributed by atoms with E-state index in [0.717, 1.165) is 16.2 Å². The van der Waals surface area contributed by atoms with E-state index < -0.39 is 34.4 Å². The number of Topliss-reactive ketones (excluding diaryl/α,β-unsaturated/α-hetero) is 1. The number of benzene rings is 1. The normalized spacial score (nSPS) is 16.4. The molecule has 3 aromatic heterocycles. The van der Waals surface area contributed by atoms with Gasteiger partial charge in [-0.15, -0.1) is 0 Å². The highest BCUT2D eigenvalue weighted by Gasteiger charge is 2.49. The van der Waals surface area contributed by atoms with Crippen molar-refractivity contribution in [2.24, 2.45) is 0 Å². The number of esters is 1. The highest BCUT2D eigenvalue weighted by molar-refractivity contribution is 7.17. The summed E-state index contributed by atoms with van der Waals surface area (Å²) in [6.07, 6.45) is 3.05. The lowest BCUT2D eigenvalue weighted by Gasteiger charge is -2.22. The van der Waals surface area contributed by atoms with Crippen LogP contribution in [0, 0.1) is 24.0 Å². The molecule has 0 aliphatic carbocycles. The summed E-state index contributed by atoms with van der Waals surface area (Å²) in [5, 5.41) is 23.1. The predicted octanol–water partition coefficient (Wildman–Crippen LogP) is 4.28. The first-order chi connectivity index (χ1) is 19.1. The Bertz CT molecular complexity index is 1770. The Morgan fingerprint density at radius 1 is 1.20 bits per heavy atom. The third-order valence-electron chi connectivity index (χ3n) is 6.28. The number of non-ortho nitro benzene ring substituents is 1. The molecule has 0 spiro atoms. The van der Waals surface area contributed by atoms with Crippen LogP contribution in [0.4, 0.5) is 10.8 Å². The van der Waals surface area contributed by atoms with Crippen molar-refractivity contribution in [2.45, 2.75) is 19.9 Å². The molecular weight excluding hydrogens is 538 g/mol. The number of hydrogen-bond donors (Lipinski definition) is 1. The van der Waals surface area contributed by atoms with Crippen LogP contribution in [0.5, 0.6) is 0 Å². The summed E-state index contributed by atoms with van der Waals surface area (Å²) >= 11 is 0.824. The molecule has 5 rings (SSSR count). The summed E-state index contributed by atoms with van der Waals surface area (Å²) in [6.45, 7) is 6.66. The molecule has 4 heterocycles. The number of carbonyl (C=O) groups is 3. The largest absolute Gasteiger partial charge is 0.505 e. The van der Waals surface area contributed by atoms with Crippen molar-refractivity contribution in [2.75, 3.05) is 11.5 Å². The summed E-state index contributed by atoms with van der Waals surface area (Å²) in [6, 6.07) is 9.30. The number of aliphatic hydroxyl groups is 1. The third-order valence-corrected chi connectivity index (χ3v) is 7.42. The number of aryl methyl sites for hydroxylation is 2. The van der Waals surface area contributed by atoms with Crippen molar-refractivity contribution in [1.29, 1.82) is 0 Å². The van der Waals surface area contributed by atoms with Crippen LogP contribution in [0.2, 0.25) is 0 Å². The van der Waals surface area contributed by atoms with Crippen molar-refractivity contribution in [3.05, 3.63) is 105 Å². The van der Waals surface area contributed by atoms with E-state index in [4.69, 9.17) is 4.74 Å². The van der Waals surface area contributed by atoms with Crippen LogP contribution in [0.25, 0.3) is 11.4 Å². The zero-order chi connectivity index (χ0) is 28.7. The number of ketones is 1. The molecule has 1 aliphatic rings. The molecule has 1 unspecified atom stereocenters. The number of ether oxygens (including phenoxy) is 1. The van der Waals surface area contributed by atoms with Crippen molar-refractivity contribution in [3.63, 3.8) is 0 Å². The van der Waals surface area contributed by atoms with Crippen LogP contribution in [-0.4, -0.2) is 48.7 Å². The number of nitrogens with zero attached hydrogens (tertiary/aromatic N) is 5.